The first kappa shape index (κ1) is 10.8. The van der Waals surface area contributed by atoms with Crippen molar-refractivity contribution in [1.82, 2.24) is 15.1 Å². The van der Waals surface area contributed by atoms with Crippen molar-refractivity contribution in [2.24, 2.45) is 0 Å². The molecule has 2 aromatic heterocycles. The second kappa shape index (κ2) is 4.50. The molecule has 3 rings (SSSR count). The Bertz CT molecular complexity index is 534. The van der Waals surface area contributed by atoms with Gasteiger partial charge in [-0.25, -0.2) is 0 Å². The van der Waals surface area contributed by atoms with Crippen molar-refractivity contribution < 1.29 is 0 Å². The average molecular weight is 249 g/mol. The number of nitrogens with one attached hydrogen (secondary N) is 2. The second-order valence-corrected chi connectivity index (χ2v) is 5.34. The number of aromatic amines is 1. The summed E-state index contributed by atoms with van der Waals surface area (Å²) in [6, 6.07) is 6.13. The zero-order chi connectivity index (χ0) is 11.7. The predicted octanol–water partition coefficient (Wildman–Crippen LogP) is 1.66. The molecule has 0 bridgehead atoms. The molecule has 0 unspecified atom stereocenters. The Kier molecular flexibility index (Phi) is 2.86. The lowest BCUT2D eigenvalue weighted by atomic mass is 10.2. The van der Waals surface area contributed by atoms with Crippen LogP contribution in [-0.4, -0.2) is 22.4 Å². The van der Waals surface area contributed by atoms with E-state index in [4.69, 9.17) is 0 Å². The summed E-state index contributed by atoms with van der Waals surface area (Å²) in [5, 5.41) is 8.60. The van der Waals surface area contributed by atoms with Crippen molar-refractivity contribution in [1.29, 1.82) is 0 Å². The first-order valence-electron chi connectivity index (χ1n) is 5.90. The second-order valence-electron chi connectivity index (χ2n) is 4.39. The molecule has 1 aliphatic heterocycles. The molecule has 90 valence electrons. The zero-order valence-electron chi connectivity index (χ0n) is 9.48. The maximum absolute atomic E-state index is 11.8. The fourth-order valence-corrected chi connectivity index (χ4v) is 2.95. The van der Waals surface area contributed by atoms with Crippen molar-refractivity contribution in [2.75, 3.05) is 6.54 Å². The third-order valence-corrected chi connectivity index (χ3v) is 4.04. The SMILES string of the molecule is O=c1cc(-c2cccs2)[nH]n1C[C@H]1CCCN1. The molecule has 0 aliphatic carbocycles. The van der Waals surface area contributed by atoms with Gasteiger partial charge in [0.05, 0.1) is 17.1 Å². The molecule has 1 aliphatic rings. The van der Waals surface area contributed by atoms with Crippen molar-refractivity contribution in [3.8, 4) is 10.6 Å². The number of rotatable bonds is 3. The van der Waals surface area contributed by atoms with Crippen LogP contribution in [0.2, 0.25) is 0 Å². The van der Waals surface area contributed by atoms with Crippen LogP contribution in [0, 0.1) is 0 Å². The highest BCUT2D eigenvalue weighted by Gasteiger charge is 2.16. The largest absolute Gasteiger partial charge is 0.312 e. The number of aromatic nitrogens is 2. The van der Waals surface area contributed by atoms with E-state index in [1.54, 1.807) is 22.1 Å². The smallest absolute Gasteiger partial charge is 0.267 e. The van der Waals surface area contributed by atoms with Crippen molar-refractivity contribution in [3.05, 3.63) is 33.9 Å². The maximum Gasteiger partial charge on any atom is 0.267 e. The van der Waals surface area contributed by atoms with Gasteiger partial charge in [-0.05, 0) is 30.8 Å². The molecule has 0 saturated carbocycles. The lowest BCUT2D eigenvalue weighted by Gasteiger charge is -2.09. The minimum absolute atomic E-state index is 0.0575. The lowest BCUT2D eigenvalue weighted by Crippen LogP contribution is -2.31. The van der Waals surface area contributed by atoms with Gasteiger partial charge in [0.25, 0.3) is 5.56 Å². The molecule has 2 aromatic rings. The summed E-state index contributed by atoms with van der Waals surface area (Å²) in [6.07, 6.45) is 2.36. The molecule has 4 nitrogen and oxygen atoms in total. The molecule has 3 heterocycles. The Balaban J connectivity index is 1.83. The number of thiophene rings is 1. The van der Waals surface area contributed by atoms with Crippen LogP contribution < -0.4 is 10.9 Å². The van der Waals surface area contributed by atoms with Crippen LogP contribution >= 0.6 is 11.3 Å². The summed E-state index contributed by atoms with van der Waals surface area (Å²) in [5.74, 6) is 0. The van der Waals surface area contributed by atoms with Gasteiger partial charge in [0.2, 0.25) is 0 Å². The molecule has 0 aromatic carbocycles. The van der Waals surface area contributed by atoms with Crippen molar-refractivity contribution >= 4 is 11.3 Å². The summed E-state index contributed by atoms with van der Waals surface area (Å²) in [4.78, 5) is 12.9. The number of nitrogens with zero attached hydrogens (tertiary/aromatic N) is 1. The van der Waals surface area contributed by atoms with Gasteiger partial charge in [0.1, 0.15) is 0 Å². The molecule has 1 fully saturated rings. The summed E-state index contributed by atoms with van der Waals surface area (Å²) in [7, 11) is 0. The molecule has 1 saturated heterocycles. The zero-order valence-corrected chi connectivity index (χ0v) is 10.3. The summed E-state index contributed by atoms with van der Waals surface area (Å²) in [6.45, 7) is 1.81. The fraction of sp³-hybridized carbons (Fsp3) is 0.417. The maximum atomic E-state index is 11.8. The molecular weight excluding hydrogens is 234 g/mol. The first-order valence-corrected chi connectivity index (χ1v) is 6.78. The van der Waals surface area contributed by atoms with Gasteiger partial charge in [-0.15, -0.1) is 11.3 Å². The van der Waals surface area contributed by atoms with Crippen LogP contribution in [0.15, 0.2) is 28.4 Å². The van der Waals surface area contributed by atoms with E-state index in [1.807, 2.05) is 17.5 Å². The number of hydrogen-bond donors (Lipinski definition) is 2. The van der Waals surface area contributed by atoms with E-state index in [2.05, 4.69) is 10.4 Å². The molecular formula is C12H15N3OS. The Morgan fingerprint density at radius 1 is 1.53 bits per heavy atom. The molecule has 0 spiro atoms. The standard InChI is InChI=1S/C12H15N3OS/c16-12-7-10(11-4-2-6-17-11)14-15(12)8-9-3-1-5-13-9/h2,4,6-7,9,13-14H,1,3,5,8H2/t9-/m1/s1. The van der Waals surface area contributed by atoms with Crippen LogP contribution in [0.1, 0.15) is 12.8 Å². The Morgan fingerprint density at radius 3 is 3.18 bits per heavy atom. The topological polar surface area (TPSA) is 49.8 Å². The van der Waals surface area contributed by atoms with Crippen molar-refractivity contribution in [2.45, 2.75) is 25.4 Å². The van der Waals surface area contributed by atoms with Gasteiger partial charge in [0, 0.05) is 12.1 Å². The van der Waals surface area contributed by atoms with E-state index >= 15 is 0 Å². The Hall–Kier alpha value is -1.33. The number of hydrogen-bond acceptors (Lipinski definition) is 3. The van der Waals surface area contributed by atoms with Gasteiger partial charge in [-0.1, -0.05) is 6.07 Å². The van der Waals surface area contributed by atoms with Gasteiger partial charge < -0.3 is 5.32 Å². The van der Waals surface area contributed by atoms with Gasteiger partial charge >= 0.3 is 0 Å². The Morgan fingerprint density at radius 2 is 2.47 bits per heavy atom. The third-order valence-electron chi connectivity index (χ3n) is 3.14. The monoisotopic (exact) mass is 249 g/mol. The van der Waals surface area contributed by atoms with Crippen LogP contribution in [0.3, 0.4) is 0 Å². The molecule has 1 atom stereocenters. The molecule has 2 N–H and O–H groups in total. The number of H-pyrrole nitrogens is 1. The highest BCUT2D eigenvalue weighted by Crippen LogP contribution is 2.21. The van der Waals surface area contributed by atoms with Gasteiger partial charge in [-0.2, -0.15) is 0 Å². The highest BCUT2D eigenvalue weighted by molar-refractivity contribution is 7.13. The lowest BCUT2D eigenvalue weighted by molar-refractivity contribution is 0.468. The van der Waals surface area contributed by atoms with Crippen LogP contribution in [0.25, 0.3) is 10.6 Å². The minimum atomic E-state index is 0.0575. The van der Waals surface area contributed by atoms with Gasteiger partial charge in [0.15, 0.2) is 0 Å². The molecule has 5 heteroatoms. The molecule has 0 amide bonds. The summed E-state index contributed by atoms with van der Waals surface area (Å²) >= 11 is 1.64. The van der Waals surface area contributed by atoms with Crippen molar-refractivity contribution in [3.63, 3.8) is 0 Å². The average Bonchev–Trinajstić information content (AvgIpc) is 3.02. The summed E-state index contributed by atoms with van der Waals surface area (Å²) < 4.78 is 1.71. The minimum Gasteiger partial charge on any atom is -0.312 e. The highest BCUT2D eigenvalue weighted by atomic mass is 32.1. The molecule has 0 radical (unpaired) electrons. The predicted molar refractivity (Wildman–Crippen MR) is 69.4 cm³/mol. The fourth-order valence-electron chi connectivity index (χ4n) is 2.26. The normalized spacial score (nSPS) is 19.9. The van der Waals surface area contributed by atoms with Crippen LogP contribution in [0.5, 0.6) is 0 Å². The first-order chi connectivity index (χ1) is 8.33. The van der Waals surface area contributed by atoms with E-state index in [-0.39, 0.29) is 5.56 Å². The molecule has 17 heavy (non-hydrogen) atoms. The van der Waals surface area contributed by atoms with Crippen LogP contribution in [0.4, 0.5) is 0 Å². The third kappa shape index (κ3) is 2.21. The van der Waals surface area contributed by atoms with Gasteiger partial charge in [-0.3, -0.25) is 14.6 Å². The quantitative estimate of drug-likeness (QED) is 0.869. The van der Waals surface area contributed by atoms with E-state index in [9.17, 15) is 4.79 Å². The Labute approximate surface area is 103 Å². The van der Waals surface area contributed by atoms with E-state index in [0.29, 0.717) is 6.04 Å². The summed E-state index contributed by atoms with van der Waals surface area (Å²) in [5.41, 5.74) is 0.977. The van der Waals surface area contributed by atoms with E-state index in [0.717, 1.165) is 30.1 Å². The van der Waals surface area contributed by atoms with Crippen LogP contribution in [-0.2, 0) is 6.54 Å². The van der Waals surface area contributed by atoms with E-state index < -0.39 is 0 Å². The van der Waals surface area contributed by atoms with E-state index in [1.165, 1.54) is 6.42 Å².